The number of thioether (sulfide) groups is 1. The molecule has 116 valence electrons. The monoisotopic (exact) mass is 318 g/mol. The third kappa shape index (κ3) is 3.76. The minimum atomic E-state index is -1.02. The number of carbonyl (C=O) groups is 2. The highest BCUT2D eigenvalue weighted by atomic mass is 32.2. The summed E-state index contributed by atoms with van der Waals surface area (Å²) in [6.07, 6.45) is 2.30. The smallest absolute Gasteiger partial charge is 0.326 e. The molecule has 0 fully saturated rings. The number of nitrogens with one attached hydrogen (secondary N) is 1. The van der Waals surface area contributed by atoms with Gasteiger partial charge in [-0.05, 0) is 37.5 Å². The Hall–Kier alpha value is -2.08. The van der Waals surface area contributed by atoms with Crippen LogP contribution in [0.5, 0.6) is 0 Å². The number of hydrogen-bond donors (Lipinski definition) is 2. The van der Waals surface area contributed by atoms with E-state index in [1.807, 2.05) is 37.4 Å². The zero-order valence-electron chi connectivity index (χ0n) is 12.5. The number of pyridine rings is 1. The minimum Gasteiger partial charge on any atom is -0.480 e. The minimum absolute atomic E-state index is 0.379. The van der Waals surface area contributed by atoms with E-state index >= 15 is 0 Å². The summed E-state index contributed by atoms with van der Waals surface area (Å²) in [6, 6.07) is 8.14. The van der Waals surface area contributed by atoms with Crippen molar-refractivity contribution in [1.82, 2.24) is 10.3 Å². The molecule has 0 radical (unpaired) electrons. The first-order chi connectivity index (χ1) is 10.5. The molecule has 6 heteroatoms. The van der Waals surface area contributed by atoms with Crippen LogP contribution in [0.4, 0.5) is 0 Å². The first-order valence-electron chi connectivity index (χ1n) is 6.92. The number of hydrogen-bond acceptors (Lipinski definition) is 4. The highest BCUT2D eigenvalue weighted by molar-refractivity contribution is 7.98. The van der Waals surface area contributed by atoms with Crippen molar-refractivity contribution in [1.29, 1.82) is 0 Å². The van der Waals surface area contributed by atoms with Gasteiger partial charge in [0.2, 0.25) is 0 Å². The predicted molar refractivity (Wildman–Crippen MR) is 88.4 cm³/mol. The van der Waals surface area contributed by atoms with E-state index in [1.54, 1.807) is 17.8 Å². The molecule has 1 amide bonds. The zero-order valence-corrected chi connectivity index (χ0v) is 13.3. The molecule has 22 heavy (non-hydrogen) atoms. The maximum atomic E-state index is 12.5. The van der Waals surface area contributed by atoms with Crippen LogP contribution < -0.4 is 5.32 Å². The summed E-state index contributed by atoms with van der Waals surface area (Å²) in [5.74, 6) is -0.722. The highest BCUT2D eigenvalue weighted by Gasteiger charge is 2.21. The summed E-state index contributed by atoms with van der Waals surface area (Å²) in [4.78, 5) is 28.1. The largest absolute Gasteiger partial charge is 0.480 e. The number of para-hydroxylation sites is 1. The highest BCUT2D eigenvalue weighted by Crippen LogP contribution is 2.18. The van der Waals surface area contributed by atoms with Crippen LogP contribution in [0, 0.1) is 6.92 Å². The number of carboxylic acids is 1. The Morgan fingerprint density at radius 3 is 2.77 bits per heavy atom. The van der Waals surface area contributed by atoms with Crippen LogP contribution in [-0.4, -0.2) is 40.0 Å². The molecule has 1 atom stereocenters. The molecule has 2 N–H and O–H groups in total. The van der Waals surface area contributed by atoms with Crippen LogP contribution in [0.15, 0.2) is 30.3 Å². The van der Waals surface area contributed by atoms with E-state index in [0.717, 1.165) is 16.6 Å². The molecular weight excluding hydrogens is 300 g/mol. The maximum Gasteiger partial charge on any atom is 0.326 e. The number of aliphatic carboxylic acids is 1. The van der Waals surface area contributed by atoms with Gasteiger partial charge >= 0.3 is 5.97 Å². The van der Waals surface area contributed by atoms with Gasteiger partial charge in [0.15, 0.2) is 0 Å². The van der Waals surface area contributed by atoms with Crippen LogP contribution in [0.1, 0.15) is 22.5 Å². The van der Waals surface area contributed by atoms with Gasteiger partial charge in [-0.3, -0.25) is 9.78 Å². The average Bonchev–Trinajstić information content (AvgIpc) is 2.49. The number of carbonyl (C=O) groups excluding carboxylic acids is 1. The van der Waals surface area contributed by atoms with Crippen LogP contribution in [0.3, 0.4) is 0 Å². The molecule has 2 rings (SSSR count). The van der Waals surface area contributed by atoms with E-state index in [-0.39, 0.29) is 5.91 Å². The van der Waals surface area contributed by atoms with E-state index in [1.165, 1.54) is 0 Å². The van der Waals surface area contributed by atoms with Crippen LogP contribution in [0.25, 0.3) is 10.9 Å². The van der Waals surface area contributed by atoms with Gasteiger partial charge in [-0.2, -0.15) is 11.8 Å². The molecule has 2 aromatic rings. The molecule has 0 aliphatic rings. The summed E-state index contributed by atoms with van der Waals surface area (Å²) >= 11 is 1.55. The fraction of sp³-hybridized carbons (Fsp3) is 0.312. The second kappa shape index (κ2) is 7.26. The van der Waals surface area contributed by atoms with E-state index in [2.05, 4.69) is 10.3 Å². The van der Waals surface area contributed by atoms with Crippen molar-refractivity contribution in [3.05, 3.63) is 41.6 Å². The van der Waals surface area contributed by atoms with Crippen molar-refractivity contribution in [3.8, 4) is 0 Å². The maximum absolute atomic E-state index is 12.5. The quantitative estimate of drug-likeness (QED) is 0.855. The third-order valence-corrected chi connectivity index (χ3v) is 3.95. The number of amides is 1. The molecule has 0 spiro atoms. The number of benzene rings is 1. The van der Waals surface area contributed by atoms with Gasteiger partial charge in [0.1, 0.15) is 6.04 Å². The van der Waals surface area contributed by atoms with E-state index in [9.17, 15) is 14.7 Å². The van der Waals surface area contributed by atoms with Crippen molar-refractivity contribution in [3.63, 3.8) is 0 Å². The van der Waals surface area contributed by atoms with Crippen molar-refractivity contribution in [2.75, 3.05) is 12.0 Å². The summed E-state index contributed by atoms with van der Waals surface area (Å²) in [5, 5.41) is 12.6. The number of aromatic nitrogens is 1. The fourth-order valence-electron chi connectivity index (χ4n) is 2.22. The standard InChI is InChI=1S/C16H18N2O3S/c1-10-9-12(11-5-3-4-6-13(11)17-10)15(19)18-14(16(20)21)7-8-22-2/h3-6,9,14H,7-8H2,1-2H3,(H,18,19)(H,20,21)/t14-/m0/s1. The second-order valence-corrected chi connectivity index (χ2v) is 5.96. The molecule has 0 unspecified atom stereocenters. The molecular formula is C16H18N2O3S. The van der Waals surface area contributed by atoms with E-state index in [4.69, 9.17) is 0 Å². The lowest BCUT2D eigenvalue weighted by Gasteiger charge is -2.15. The molecule has 1 heterocycles. The summed E-state index contributed by atoms with van der Waals surface area (Å²) in [7, 11) is 0. The zero-order chi connectivity index (χ0) is 16.1. The molecule has 0 aliphatic heterocycles. The normalized spacial score (nSPS) is 12.1. The van der Waals surface area contributed by atoms with Crippen molar-refractivity contribution < 1.29 is 14.7 Å². The average molecular weight is 318 g/mol. The van der Waals surface area contributed by atoms with Gasteiger partial charge in [0.05, 0.1) is 11.1 Å². The second-order valence-electron chi connectivity index (χ2n) is 4.97. The molecule has 0 aliphatic carbocycles. The molecule has 5 nitrogen and oxygen atoms in total. The first-order valence-corrected chi connectivity index (χ1v) is 8.31. The number of nitrogens with zero attached hydrogens (tertiary/aromatic N) is 1. The van der Waals surface area contributed by atoms with E-state index in [0.29, 0.717) is 17.7 Å². The van der Waals surface area contributed by atoms with Gasteiger partial charge in [-0.25, -0.2) is 4.79 Å². The van der Waals surface area contributed by atoms with Gasteiger partial charge in [-0.15, -0.1) is 0 Å². The molecule has 0 saturated carbocycles. The van der Waals surface area contributed by atoms with Crippen LogP contribution in [-0.2, 0) is 4.79 Å². The van der Waals surface area contributed by atoms with Gasteiger partial charge in [0, 0.05) is 11.1 Å². The predicted octanol–water partition coefficient (Wildman–Crippen LogP) is 2.48. The lowest BCUT2D eigenvalue weighted by Crippen LogP contribution is -2.41. The topological polar surface area (TPSA) is 79.3 Å². The Morgan fingerprint density at radius 1 is 1.36 bits per heavy atom. The number of rotatable bonds is 6. The van der Waals surface area contributed by atoms with E-state index < -0.39 is 12.0 Å². The lowest BCUT2D eigenvalue weighted by molar-refractivity contribution is -0.139. The Balaban J connectivity index is 2.30. The van der Waals surface area contributed by atoms with Crippen LogP contribution in [0.2, 0.25) is 0 Å². The number of carboxylic acid groups (broad SMARTS) is 1. The Kier molecular flexibility index (Phi) is 5.38. The van der Waals surface area contributed by atoms with Gasteiger partial charge in [0.25, 0.3) is 5.91 Å². The Bertz CT molecular complexity index is 703. The summed E-state index contributed by atoms with van der Waals surface area (Å²) in [6.45, 7) is 1.81. The third-order valence-electron chi connectivity index (χ3n) is 3.30. The number of fused-ring (bicyclic) bond motifs is 1. The van der Waals surface area contributed by atoms with Gasteiger partial charge < -0.3 is 10.4 Å². The summed E-state index contributed by atoms with van der Waals surface area (Å²) in [5.41, 5.74) is 1.90. The van der Waals surface area contributed by atoms with Crippen molar-refractivity contribution in [2.24, 2.45) is 0 Å². The van der Waals surface area contributed by atoms with Gasteiger partial charge in [-0.1, -0.05) is 18.2 Å². The molecule has 1 aromatic heterocycles. The Morgan fingerprint density at radius 2 is 2.09 bits per heavy atom. The Labute approximate surface area is 133 Å². The fourth-order valence-corrected chi connectivity index (χ4v) is 2.70. The molecule has 0 bridgehead atoms. The van der Waals surface area contributed by atoms with Crippen molar-refractivity contribution >= 4 is 34.5 Å². The SMILES string of the molecule is CSCC[C@H](NC(=O)c1cc(C)nc2ccccc12)C(=O)O. The lowest BCUT2D eigenvalue weighted by atomic mass is 10.1. The number of aryl methyl sites for hydroxylation is 1. The van der Waals surface area contributed by atoms with Crippen molar-refractivity contribution in [2.45, 2.75) is 19.4 Å². The molecule has 1 aromatic carbocycles. The molecule has 0 saturated heterocycles. The van der Waals surface area contributed by atoms with Crippen LogP contribution >= 0.6 is 11.8 Å². The summed E-state index contributed by atoms with van der Waals surface area (Å²) < 4.78 is 0. The first kappa shape index (κ1) is 16.3.